The topological polar surface area (TPSA) is 70.0 Å². The predicted octanol–water partition coefficient (Wildman–Crippen LogP) is 3.21. The average Bonchev–Trinajstić information content (AvgIpc) is 2.40. The molecule has 1 saturated heterocycles. The second-order valence-electron chi connectivity index (χ2n) is 6.46. The molecule has 1 aromatic rings. The minimum absolute atomic E-state index is 0.0479. The summed E-state index contributed by atoms with van der Waals surface area (Å²) >= 11 is 0. The van der Waals surface area contributed by atoms with E-state index < -0.39 is 5.60 Å². The predicted molar refractivity (Wildman–Crippen MR) is 79.6 cm³/mol. The monoisotopic (exact) mass is 293 g/mol. The molecule has 0 radical (unpaired) electrons. The van der Waals surface area contributed by atoms with Gasteiger partial charge in [-0.2, -0.15) is 0 Å². The van der Waals surface area contributed by atoms with Crippen molar-refractivity contribution in [2.75, 3.05) is 13.1 Å². The number of hydrogen-bond donors (Lipinski definition) is 2. The molecule has 0 atom stereocenters. The first-order valence-corrected chi connectivity index (χ1v) is 7.26. The minimum atomic E-state index is -0.489. The number of phenolic OH excluding ortho intramolecular Hbond substituents is 2. The van der Waals surface area contributed by atoms with Crippen LogP contribution in [0.25, 0.3) is 0 Å². The molecule has 0 aliphatic carbocycles. The van der Waals surface area contributed by atoms with E-state index in [-0.39, 0.29) is 23.5 Å². The third kappa shape index (κ3) is 3.80. The maximum absolute atomic E-state index is 12.0. The quantitative estimate of drug-likeness (QED) is 0.780. The van der Waals surface area contributed by atoms with E-state index in [1.807, 2.05) is 26.8 Å². The highest BCUT2D eigenvalue weighted by Gasteiger charge is 2.28. The van der Waals surface area contributed by atoms with Crippen molar-refractivity contribution in [1.29, 1.82) is 0 Å². The fourth-order valence-electron chi connectivity index (χ4n) is 2.58. The van der Waals surface area contributed by atoms with Crippen molar-refractivity contribution in [3.8, 4) is 11.5 Å². The number of para-hydroxylation sites is 1. The lowest BCUT2D eigenvalue weighted by atomic mass is 9.89. The van der Waals surface area contributed by atoms with Gasteiger partial charge in [-0.25, -0.2) is 4.79 Å². The SMILES string of the molecule is CC(C)(C)OC(=O)N1CCC(c2cccc(O)c2O)CC1. The molecule has 1 aliphatic rings. The molecule has 5 heteroatoms. The molecule has 1 heterocycles. The highest BCUT2D eigenvalue weighted by Crippen LogP contribution is 2.38. The molecule has 21 heavy (non-hydrogen) atoms. The van der Waals surface area contributed by atoms with E-state index in [1.165, 1.54) is 6.07 Å². The number of carbonyl (C=O) groups excluding carboxylic acids is 1. The zero-order chi connectivity index (χ0) is 15.6. The van der Waals surface area contributed by atoms with Crippen LogP contribution < -0.4 is 0 Å². The van der Waals surface area contributed by atoms with E-state index in [1.54, 1.807) is 11.0 Å². The molecule has 2 rings (SSSR count). The van der Waals surface area contributed by atoms with Crippen LogP contribution in [-0.2, 0) is 4.74 Å². The number of aromatic hydroxyl groups is 2. The molecule has 1 amide bonds. The molecule has 1 aromatic carbocycles. The van der Waals surface area contributed by atoms with Gasteiger partial charge in [0.25, 0.3) is 0 Å². The molecule has 0 unspecified atom stereocenters. The van der Waals surface area contributed by atoms with Gasteiger partial charge in [0.15, 0.2) is 11.5 Å². The third-order valence-electron chi connectivity index (χ3n) is 3.63. The van der Waals surface area contributed by atoms with Crippen LogP contribution in [-0.4, -0.2) is 39.9 Å². The number of nitrogens with zero attached hydrogens (tertiary/aromatic N) is 1. The van der Waals surface area contributed by atoms with Gasteiger partial charge >= 0.3 is 6.09 Å². The summed E-state index contributed by atoms with van der Waals surface area (Å²) in [7, 11) is 0. The summed E-state index contributed by atoms with van der Waals surface area (Å²) in [6.45, 7) is 6.73. The number of phenols is 2. The van der Waals surface area contributed by atoms with Crippen molar-refractivity contribution in [3.05, 3.63) is 23.8 Å². The first-order valence-electron chi connectivity index (χ1n) is 7.26. The number of piperidine rings is 1. The molecule has 2 N–H and O–H groups in total. The summed E-state index contributed by atoms with van der Waals surface area (Å²) in [4.78, 5) is 13.7. The van der Waals surface area contributed by atoms with Crippen LogP contribution in [0.3, 0.4) is 0 Å². The molecule has 1 fully saturated rings. The molecule has 5 nitrogen and oxygen atoms in total. The van der Waals surface area contributed by atoms with Crippen LogP contribution in [0.15, 0.2) is 18.2 Å². The van der Waals surface area contributed by atoms with Crippen molar-refractivity contribution in [1.82, 2.24) is 4.90 Å². The van der Waals surface area contributed by atoms with Crippen molar-refractivity contribution in [3.63, 3.8) is 0 Å². The Kier molecular flexibility index (Phi) is 4.30. The summed E-state index contributed by atoms with van der Waals surface area (Å²) < 4.78 is 5.36. The molecule has 0 bridgehead atoms. The van der Waals surface area contributed by atoms with E-state index in [9.17, 15) is 15.0 Å². The fraction of sp³-hybridized carbons (Fsp3) is 0.562. The number of hydrogen-bond acceptors (Lipinski definition) is 4. The molecule has 116 valence electrons. The van der Waals surface area contributed by atoms with Gasteiger partial charge in [0.1, 0.15) is 5.60 Å². The van der Waals surface area contributed by atoms with E-state index in [2.05, 4.69) is 0 Å². The van der Waals surface area contributed by atoms with Gasteiger partial charge in [0, 0.05) is 18.7 Å². The standard InChI is InChI=1S/C16H23NO4/c1-16(2,3)21-15(20)17-9-7-11(8-10-17)12-5-4-6-13(18)14(12)19/h4-6,11,18-19H,7-10H2,1-3H3. The number of amides is 1. The van der Waals surface area contributed by atoms with E-state index in [4.69, 9.17) is 4.74 Å². The number of carbonyl (C=O) groups is 1. The minimum Gasteiger partial charge on any atom is -0.504 e. The summed E-state index contributed by atoms with van der Waals surface area (Å²) in [5.41, 5.74) is 0.260. The zero-order valence-electron chi connectivity index (χ0n) is 12.8. The highest BCUT2D eigenvalue weighted by atomic mass is 16.6. The Hall–Kier alpha value is -1.91. The van der Waals surface area contributed by atoms with Gasteiger partial charge in [-0.3, -0.25) is 0 Å². The molecule has 0 spiro atoms. The van der Waals surface area contributed by atoms with Gasteiger partial charge in [-0.05, 0) is 45.6 Å². The smallest absolute Gasteiger partial charge is 0.410 e. The molecule has 0 aromatic heterocycles. The summed E-state index contributed by atoms with van der Waals surface area (Å²) in [5, 5.41) is 19.5. The van der Waals surface area contributed by atoms with Crippen LogP contribution in [0.2, 0.25) is 0 Å². The number of likely N-dealkylation sites (tertiary alicyclic amines) is 1. The van der Waals surface area contributed by atoms with Crippen molar-refractivity contribution in [2.24, 2.45) is 0 Å². The number of benzene rings is 1. The van der Waals surface area contributed by atoms with Crippen LogP contribution >= 0.6 is 0 Å². The summed E-state index contributed by atoms with van der Waals surface area (Å²) in [6.07, 6.45) is 1.20. The van der Waals surface area contributed by atoms with Crippen molar-refractivity contribution >= 4 is 6.09 Å². The van der Waals surface area contributed by atoms with E-state index in [0.717, 1.165) is 18.4 Å². The Morgan fingerprint density at radius 3 is 2.43 bits per heavy atom. The Morgan fingerprint density at radius 1 is 1.24 bits per heavy atom. The van der Waals surface area contributed by atoms with Gasteiger partial charge in [-0.15, -0.1) is 0 Å². The zero-order valence-corrected chi connectivity index (χ0v) is 12.8. The Labute approximate surface area is 125 Å². The number of rotatable bonds is 1. The van der Waals surface area contributed by atoms with Crippen molar-refractivity contribution in [2.45, 2.75) is 45.1 Å². The van der Waals surface area contributed by atoms with E-state index in [0.29, 0.717) is 13.1 Å². The van der Waals surface area contributed by atoms with Gasteiger partial charge in [0.2, 0.25) is 0 Å². The molecular formula is C16H23NO4. The van der Waals surface area contributed by atoms with Crippen LogP contribution in [0.1, 0.15) is 45.1 Å². The molecular weight excluding hydrogens is 270 g/mol. The fourth-order valence-corrected chi connectivity index (χ4v) is 2.58. The van der Waals surface area contributed by atoms with Gasteiger partial charge in [0.05, 0.1) is 0 Å². The van der Waals surface area contributed by atoms with Gasteiger partial charge < -0.3 is 19.8 Å². The summed E-state index contributed by atoms with van der Waals surface area (Å²) in [6, 6.07) is 5.02. The van der Waals surface area contributed by atoms with Crippen molar-refractivity contribution < 1.29 is 19.7 Å². The maximum atomic E-state index is 12.0. The Balaban J connectivity index is 1.97. The summed E-state index contributed by atoms with van der Waals surface area (Å²) in [5.74, 6) is 0.00563. The first-order chi connectivity index (χ1) is 9.78. The lowest BCUT2D eigenvalue weighted by molar-refractivity contribution is 0.0204. The van der Waals surface area contributed by atoms with E-state index >= 15 is 0 Å². The lowest BCUT2D eigenvalue weighted by Crippen LogP contribution is -2.41. The first kappa shape index (κ1) is 15.5. The second-order valence-corrected chi connectivity index (χ2v) is 6.46. The maximum Gasteiger partial charge on any atom is 0.410 e. The van der Waals surface area contributed by atoms with Gasteiger partial charge in [-0.1, -0.05) is 12.1 Å². The van der Waals surface area contributed by atoms with Crippen LogP contribution in [0.5, 0.6) is 11.5 Å². The Bertz CT molecular complexity index is 513. The lowest BCUT2D eigenvalue weighted by Gasteiger charge is -2.33. The third-order valence-corrected chi connectivity index (χ3v) is 3.63. The Morgan fingerprint density at radius 2 is 1.86 bits per heavy atom. The number of ether oxygens (including phenoxy) is 1. The average molecular weight is 293 g/mol. The largest absolute Gasteiger partial charge is 0.504 e. The normalized spacial score (nSPS) is 16.8. The second kappa shape index (κ2) is 5.84. The van der Waals surface area contributed by atoms with Crippen LogP contribution in [0, 0.1) is 0 Å². The van der Waals surface area contributed by atoms with Crippen LogP contribution in [0.4, 0.5) is 4.79 Å². The molecule has 0 saturated carbocycles. The molecule has 1 aliphatic heterocycles. The highest BCUT2D eigenvalue weighted by molar-refractivity contribution is 5.68.